The summed E-state index contributed by atoms with van der Waals surface area (Å²) in [4.78, 5) is 11.4. The summed E-state index contributed by atoms with van der Waals surface area (Å²) < 4.78 is 5.21. The first-order chi connectivity index (χ1) is 8.09. The molecule has 0 amide bonds. The third kappa shape index (κ3) is 5.71. The third-order valence-corrected chi connectivity index (χ3v) is 3.19. The molecule has 0 saturated heterocycles. The van der Waals surface area contributed by atoms with E-state index in [1.54, 1.807) is 0 Å². The lowest BCUT2D eigenvalue weighted by atomic mass is 9.86. The second-order valence-corrected chi connectivity index (χ2v) is 5.13. The highest BCUT2D eigenvalue weighted by Gasteiger charge is 2.26. The fraction of sp³-hybridized carbons (Fsp3) is 0.667. The molecule has 17 heavy (non-hydrogen) atoms. The summed E-state index contributed by atoms with van der Waals surface area (Å²) in [6, 6.07) is 0. The van der Waals surface area contributed by atoms with Crippen LogP contribution in [0.5, 0.6) is 0 Å². The van der Waals surface area contributed by atoms with Gasteiger partial charge < -0.3 is 4.74 Å². The van der Waals surface area contributed by atoms with Gasteiger partial charge >= 0.3 is 5.97 Å². The fourth-order valence-corrected chi connectivity index (χ4v) is 1.72. The number of rotatable bonds is 6. The SMILES string of the molecule is CC(C)=CCC/C(C)=C/COC(=O)C1CCC1. The smallest absolute Gasteiger partial charge is 0.309 e. The zero-order valence-corrected chi connectivity index (χ0v) is 11.3. The molecule has 0 heterocycles. The Kier molecular flexibility index (Phi) is 6.03. The first-order valence-electron chi connectivity index (χ1n) is 6.55. The zero-order chi connectivity index (χ0) is 12.7. The van der Waals surface area contributed by atoms with Crippen molar-refractivity contribution in [2.45, 2.75) is 52.9 Å². The van der Waals surface area contributed by atoms with Crippen LogP contribution >= 0.6 is 0 Å². The molecule has 0 aromatic carbocycles. The normalized spacial score (nSPS) is 16.3. The Labute approximate surface area is 105 Å². The lowest BCUT2D eigenvalue weighted by Crippen LogP contribution is -2.24. The molecular weight excluding hydrogens is 212 g/mol. The Morgan fingerprint density at radius 1 is 1.24 bits per heavy atom. The summed E-state index contributed by atoms with van der Waals surface area (Å²) >= 11 is 0. The Balaban J connectivity index is 2.14. The van der Waals surface area contributed by atoms with Crippen LogP contribution < -0.4 is 0 Å². The van der Waals surface area contributed by atoms with E-state index < -0.39 is 0 Å². The molecule has 0 bridgehead atoms. The van der Waals surface area contributed by atoms with Gasteiger partial charge in [-0.1, -0.05) is 23.6 Å². The minimum Gasteiger partial charge on any atom is -0.461 e. The lowest BCUT2D eigenvalue weighted by molar-refractivity contribution is -0.150. The van der Waals surface area contributed by atoms with Crippen molar-refractivity contribution in [2.24, 2.45) is 5.92 Å². The van der Waals surface area contributed by atoms with E-state index in [-0.39, 0.29) is 11.9 Å². The standard InChI is InChI=1S/C15H24O2/c1-12(2)6-4-7-13(3)10-11-17-15(16)14-8-5-9-14/h6,10,14H,4-5,7-9,11H2,1-3H3/b13-10+. The summed E-state index contributed by atoms with van der Waals surface area (Å²) in [5, 5.41) is 0. The summed E-state index contributed by atoms with van der Waals surface area (Å²) in [5.41, 5.74) is 2.65. The van der Waals surface area contributed by atoms with E-state index in [0.29, 0.717) is 6.61 Å². The number of carbonyl (C=O) groups excluding carboxylic acids is 1. The highest BCUT2D eigenvalue weighted by molar-refractivity contribution is 5.73. The number of hydrogen-bond donors (Lipinski definition) is 0. The van der Waals surface area contributed by atoms with E-state index in [9.17, 15) is 4.79 Å². The topological polar surface area (TPSA) is 26.3 Å². The van der Waals surface area contributed by atoms with Gasteiger partial charge in [0.1, 0.15) is 6.61 Å². The molecule has 1 rings (SSSR count). The molecule has 0 radical (unpaired) electrons. The van der Waals surface area contributed by atoms with E-state index in [4.69, 9.17) is 4.74 Å². The van der Waals surface area contributed by atoms with Crippen LogP contribution in [0.3, 0.4) is 0 Å². The predicted octanol–water partition coefficient (Wildman–Crippen LogP) is 4.02. The van der Waals surface area contributed by atoms with Gasteiger partial charge in [-0.15, -0.1) is 0 Å². The molecule has 1 fully saturated rings. The summed E-state index contributed by atoms with van der Waals surface area (Å²) in [5.74, 6) is 0.180. The number of allylic oxidation sites excluding steroid dienone is 3. The van der Waals surface area contributed by atoms with Crippen molar-refractivity contribution in [3.63, 3.8) is 0 Å². The zero-order valence-electron chi connectivity index (χ0n) is 11.3. The van der Waals surface area contributed by atoms with Gasteiger partial charge in [0.2, 0.25) is 0 Å². The molecule has 0 unspecified atom stereocenters. The highest BCUT2D eigenvalue weighted by Crippen LogP contribution is 2.27. The molecule has 1 saturated carbocycles. The maximum absolute atomic E-state index is 11.4. The minimum absolute atomic E-state index is 0.00963. The molecule has 0 aromatic heterocycles. The fourth-order valence-electron chi connectivity index (χ4n) is 1.72. The van der Waals surface area contributed by atoms with Gasteiger partial charge in [-0.3, -0.25) is 4.79 Å². The molecule has 2 nitrogen and oxygen atoms in total. The molecule has 0 aliphatic heterocycles. The van der Waals surface area contributed by atoms with Crippen molar-refractivity contribution in [1.29, 1.82) is 0 Å². The molecule has 0 N–H and O–H groups in total. The van der Waals surface area contributed by atoms with Crippen LogP contribution in [0.2, 0.25) is 0 Å². The van der Waals surface area contributed by atoms with Crippen LogP contribution in [-0.4, -0.2) is 12.6 Å². The molecule has 1 aliphatic carbocycles. The molecular formula is C15H24O2. The van der Waals surface area contributed by atoms with E-state index in [0.717, 1.165) is 25.7 Å². The van der Waals surface area contributed by atoms with Crippen LogP contribution in [0.4, 0.5) is 0 Å². The molecule has 96 valence electrons. The van der Waals surface area contributed by atoms with Gasteiger partial charge in [0.15, 0.2) is 0 Å². The summed E-state index contributed by atoms with van der Waals surface area (Å²) in [6.45, 7) is 6.75. The molecule has 0 atom stereocenters. The molecule has 2 heteroatoms. The summed E-state index contributed by atoms with van der Waals surface area (Å²) in [7, 11) is 0. The maximum Gasteiger partial charge on any atom is 0.309 e. The van der Waals surface area contributed by atoms with Gasteiger partial charge in [0.05, 0.1) is 5.92 Å². The average Bonchev–Trinajstić information content (AvgIpc) is 2.14. The number of hydrogen-bond acceptors (Lipinski definition) is 2. The van der Waals surface area contributed by atoms with Crippen molar-refractivity contribution in [3.05, 3.63) is 23.3 Å². The summed E-state index contributed by atoms with van der Waals surface area (Å²) in [6.07, 6.45) is 9.59. The Bertz CT molecular complexity index is 305. The average molecular weight is 236 g/mol. The highest BCUT2D eigenvalue weighted by atomic mass is 16.5. The number of esters is 1. The first kappa shape index (κ1) is 14.0. The minimum atomic E-state index is -0.00963. The van der Waals surface area contributed by atoms with Crippen LogP contribution in [-0.2, 0) is 9.53 Å². The van der Waals surface area contributed by atoms with Crippen LogP contribution in [0.15, 0.2) is 23.3 Å². The van der Waals surface area contributed by atoms with Gasteiger partial charge in [-0.25, -0.2) is 0 Å². The van der Waals surface area contributed by atoms with Gasteiger partial charge in [-0.05, 0) is 52.5 Å². The van der Waals surface area contributed by atoms with Crippen molar-refractivity contribution >= 4 is 5.97 Å². The largest absolute Gasteiger partial charge is 0.461 e. The lowest BCUT2D eigenvalue weighted by Gasteiger charge is -2.22. The number of carbonyl (C=O) groups is 1. The van der Waals surface area contributed by atoms with Gasteiger partial charge in [0.25, 0.3) is 0 Å². The molecule has 0 spiro atoms. The monoisotopic (exact) mass is 236 g/mol. The third-order valence-electron chi connectivity index (χ3n) is 3.19. The van der Waals surface area contributed by atoms with Crippen molar-refractivity contribution in [1.82, 2.24) is 0 Å². The maximum atomic E-state index is 11.4. The van der Waals surface area contributed by atoms with E-state index in [1.165, 1.54) is 17.6 Å². The molecule has 0 aromatic rings. The van der Waals surface area contributed by atoms with E-state index in [1.807, 2.05) is 6.08 Å². The first-order valence-corrected chi connectivity index (χ1v) is 6.55. The molecule has 1 aliphatic rings. The van der Waals surface area contributed by atoms with Gasteiger partial charge in [-0.2, -0.15) is 0 Å². The Morgan fingerprint density at radius 3 is 2.47 bits per heavy atom. The van der Waals surface area contributed by atoms with Crippen molar-refractivity contribution < 1.29 is 9.53 Å². The van der Waals surface area contributed by atoms with E-state index in [2.05, 4.69) is 26.8 Å². The second-order valence-electron chi connectivity index (χ2n) is 5.13. The quantitative estimate of drug-likeness (QED) is 0.514. The van der Waals surface area contributed by atoms with Crippen LogP contribution in [0.25, 0.3) is 0 Å². The Hall–Kier alpha value is -1.05. The van der Waals surface area contributed by atoms with Gasteiger partial charge in [0, 0.05) is 0 Å². The van der Waals surface area contributed by atoms with Crippen LogP contribution in [0.1, 0.15) is 52.9 Å². The predicted molar refractivity (Wildman–Crippen MR) is 70.7 cm³/mol. The van der Waals surface area contributed by atoms with Crippen molar-refractivity contribution in [2.75, 3.05) is 6.61 Å². The van der Waals surface area contributed by atoms with Crippen LogP contribution in [0, 0.1) is 5.92 Å². The van der Waals surface area contributed by atoms with E-state index >= 15 is 0 Å². The second kappa shape index (κ2) is 7.31. The number of ether oxygens (including phenoxy) is 1. The van der Waals surface area contributed by atoms with Crippen molar-refractivity contribution in [3.8, 4) is 0 Å². The Morgan fingerprint density at radius 2 is 1.94 bits per heavy atom.